The number of rotatable bonds is 7. The van der Waals surface area contributed by atoms with Gasteiger partial charge in [-0.25, -0.2) is 0 Å². The van der Waals surface area contributed by atoms with Gasteiger partial charge in [0.1, 0.15) is 11.3 Å². The lowest BCUT2D eigenvalue weighted by Gasteiger charge is -2.13. The number of hydrogen-bond donors (Lipinski definition) is 1. The van der Waals surface area contributed by atoms with E-state index in [1.165, 1.54) is 40.8 Å². The van der Waals surface area contributed by atoms with Gasteiger partial charge in [-0.05, 0) is 24.3 Å². The monoisotopic (exact) mass is 384 g/mol. The van der Waals surface area contributed by atoms with E-state index in [9.17, 15) is 9.90 Å². The lowest BCUT2D eigenvalue weighted by molar-refractivity contribution is 0.104. The van der Waals surface area contributed by atoms with Crippen LogP contribution in [0, 0.1) is 0 Å². The maximum Gasteiger partial charge on any atom is 0.205 e. The van der Waals surface area contributed by atoms with Gasteiger partial charge in [0.25, 0.3) is 0 Å². The van der Waals surface area contributed by atoms with E-state index in [1.807, 2.05) is 0 Å². The average Bonchev–Trinajstić information content (AvgIpc) is 3.19. The molecule has 0 aliphatic rings. The highest BCUT2D eigenvalue weighted by Gasteiger charge is 2.26. The van der Waals surface area contributed by atoms with Crippen molar-refractivity contribution in [2.45, 2.75) is 0 Å². The van der Waals surface area contributed by atoms with Crippen LogP contribution in [0.2, 0.25) is 0 Å². The van der Waals surface area contributed by atoms with Crippen molar-refractivity contribution in [2.75, 3.05) is 28.4 Å². The summed E-state index contributed by atoms with van der Waals surface area (Å²) >= 11 is 0. The van der Waals surface area contributed by atoms with Gasteiger partial charge in [-0.15, -0.1) is 0 Å². The number of ketones is 1. The van der Waals surface area contributed by atoms with Crippen LogP contribution in [0.5, 0.6) is 28.7 Å². The van der Waals surface area contributed by atoms with Crippen LogP contribution in [0.1, 0.15) is 15.9 Å². The topological polar surface area (TPSA) is 87.4 Å². The molecule has 0 radical (unpaired) electrons. The quantitative estimate of drug-likeness (QED) is 0.485. The van der Waals surface area contributed by atoms with E-state index in [0.29, 0.717) is 28.0 Å². The lowest BCUT2D eigenvalue weighted by Crippen LogP contribution is -2.02. The van der Waals surface area contributed by atoms with Crippen LogP contribution < -0.4 is 18.9 Å². The molecule has 0 amide bonds. The summed E-state index contributed by atoms with van der Waals surface area (Å²) in [5, 5.41) is 11.1. The predicted octanol–water partition coefficient (Wildman–Crippen LogP) is 4.07. The normalized spacial score (nSPS) is 11.0. The average molecular weight is 384 g/mol. The molecule has 7 nitrogen and oxygen atoms in total. The van der Waals surface area contributed by atoms with Crippen LogP contribution in [0.3, 0.4) is 0 Å². The molecule has 3 aromatic rings. The standard InChI is InChI=1S/C21H20O7/c1-24-15-7-5-6-12(18(15)25-2)8-9-14(22)16-17(23)21(27-4)20-13(10-11-28-20)19(16)26-3/h5-11,23H,1-4H3. The van der Waals surface area contributed by atoms with Crippen molar-refractivity contribution < 1.29 is 33.3 Å². The van der Waals surface area contributed by atoms with Crippen LogP contribution in [0.25, 0.3) is 17.0 Å². The Kier molecular flexibility index (Phi) is 5.44. The Morgan fingerprint density at radius 2 is 1.68 bits per heavy atom. The molecule has 1 aromatic heterocycles. The molecule has 0 bridgehead atoms. The first-order valence-electron chi connectivity index (χ1n) is 8.34. The van der Waals surface area contributed by atoms with Crippen molar-refractivity contribution in [3.05, 3.63) is 47.7 Å². The SMILES string of the molecule is COc1cccc(C=CC(=O)c2c(O)c(OC)c3occc3c2OC)c1OC. The molecule has 0 aliphatic heterocycles. The zero-order valence-corrected chi connectivity index (χ0v) is 15.9. The number of ether oxygens (including phenoxy) is 4. The van der Waals surface area contributed by atoms with Gasteiger partial charge in [-0.1, -0.05) is 12.1 Å². The van der Waals surface area contributed by atoms with Gasteiger partial charge >= 0.3 is 0 Å². The summed E-state index contributed by atoms with van der Waals surface area (Å²) in [6.45, 7) is 0. The van der Waals surface area contributed by atoms with Crippen LogP contribution in [0.4, 0.5) is 0 Å². The van der Waals surface area contributed by atoms with Crippen molar-refractivity contribution >= 4 is 22.8 Å². The number of para-hydroxylation sites is 1. The number of carbonyl (C=O) groups excluding carboxylic acids is 1. The highest BCUT2D eigenvalue weighted by Crippen LogP contribution is 2.46. The lowest BCUT2D eigenvalue weighted by atomic mass is 10.0. The van der Waals surface area contributed by atoms with Crippen molar-refractivity contribution in [3.63, 3.8) is 0 Å². The highest BCUT2D eigenvalue weighted by atomic mass is 16.5. The van der Waals surface area contributed by atoms with Crippen molar-refractivity contribution in [1.82, 2.24) is 0 Å². The molecule has 0 unspecified atom stereocenters. The van der Waals surface area contributed by atoms with E-state index >= 15 is 0 Å². The number of phenolic OH excluding ortho intramolecular Hbond substituents is 1. The maximum absolute atomic E-state index is 12.9. The summed E-state index contributed by atoms with van der Waals surface area (Å²) in [5.41, 5.74) is 0.920. The summed E-state index contributed by atoms with van der Waals surface area (Å²) in [4.78, 5) is 12.9. The third kappa shape index (κ3) is 3.11. The fraction of sp³-hybridized carbons (Fsp3) is 0.190. The summed E-state index contributed by atoms with van der Waals surface area (Å²) < 4.78 is 26.6. The Morgan fingerprint density at radius 3 is 2.32 bits per heavy atom. The first kappa shape index (κ1) is 19.2. The van der Waals surface area contributed by atoms with Gasteiger partial charge in [0.15, 0.2) is 28.6 Å². The number of methoxy groups -OCH3 is 4. The number of furan rings is 1. The fourth-order valence-corrected chi connectivity index (χ4v) is 3.05. The van der Waals surface area contributed by atoms with Gasteiger partial charge in [0, 0.05) is 5.56 Å². The fourth-order valence-electron chi connectivity index (χ4n) is 3.05. The van der Waals surface area contributed by atoms with E-state index in [2.05, 4.69) is 0 Å². The molecule has 0 fully saturated rings. The largest absolute Gasteiger partial charge is 0.504 e. The van der Waals surface area contributed by atoms with E-state index < -0.39 is 5.78 Å². The number of allylic oxidation sites excluding steroid dienone is 1. The third-order valence-electron chi connectivity index (χ3n) is 4.30. The Bertz CT molecular complexity index is 1050. The number of hydrogen-bond acceptors (Lipinski definition) is 7. The molecule has 2 aromatic carbocycles. The minimum Gasteiger partial charge on any atom is -0.504 e. The van der Waals surface area contributed by atoms with Crippen LogP contribution in [0.15, 0.2) is 41.0 Å². The molecule has 0 aliphatic carbocycles. The number of aromatic hydroxyl groups is 1. The molecule has 0 spiro atoms. The molecular weight excluding hydrogens is 364 g/mol. The van der Waals surface area contributed by atoms with Crippen molar-refractivity contribution in [3.8, 4) is 28.7 Å². The molecule has 146 valence electrons. The van der Waals surface area contributed by atoms with Gasteiger partial charge in [0.2, 0.25) is 5.75 Å². The van der Waals surface area contributed by atoms with Gasteiger partial charge in [0.05, 0.1) is 40.1 Å². The molecule has 1 heterocycles. The van der Waals surface area contributed by atoms with Crippen molar-refractivity contribution in [1.29, 1.82) is 0 Å². The maximum atomic E-state index is 12.9. The second kappa shape index (κ2) is 7.96. The van der Waals surface area contributed by atoms with Gasteiger partial charge in [-0.3, -0.25) is 4.79 Å². The van der Waals surface area contributed by atoms with Crippen LogP contribution in [-0.4, -0.2) is 39.3 Å². The van der Waals surface area contributed by atoms with E-state index in [1.54, 1.807) is 30.3 Å². The minimum absolute atomic E-state index is 0.0219. The predicted molar refractivity (Wildman–Crippen MR) is 104 cm³/mol. The molecular formula is C21H20O7. The molecule has 1 N–H and O–H groups in total. The number of benzene rings is 2. The van der Waals surface area contributed by atoms with Crippen LogP contribution >= 0.6 is 0 Å². The Hall–Kier alpha value is -3.61. The van der Waals surface area contributed by atoms with Crippen molar-refractivity contribution in [2.24, 2.45) is 0 Å². The molecule has 0 atom stereocenters. The molecule has 28 heavy (non-hydrogen) atoms. The van der Waals surface area contributed by atoms with E-state index in [0.717, 1.165) is 0 Å². The molecule has 3 rings (SSSR count). The van der Waals surface area contributed by atoms with E-state index in [-0.39, 0.29) is 22.8 Å². The van der Waals surface area contributed by atoms with Gasteiger partial charge < -0.3 is 28.5 Å². The number of phenols is 1. The third-order valence-corrected chi connectivity index (χ3v) is 4.30. The minimum atomic E-state index is -0.472. The first-order chi connectivity index (χ1) is 13.6. The Labute approximate surface area is 161 Å². The summed E-state index contributed by atoms with van der Waals surface area (Å²) in [7, 11) is 5.85. The summed E-state index contributed by atoms with van der Waals surface area (Å²) in [6.07, 6.45) is 4.33. The van der Waals surface area contributed by atoms with E-state index in [4.69, 9.17) is 23.4 Å². The van der Waals surface area contributed by atoms with Gasteiger partial charge in [-0.2, -0.15) is 0 Å². The Balaban J connectivity index is 2.10. The summed E-state index contributed by atoms with van der Waals surface area (Å²) in [6, 6.07) is 6.96. The molecule has 7 heteroatoms. The molecule has 0 saturated carbocycles. The first-order valence-corrected chi connectivity index (χ1v) is 8.34. The number of fused-ring (bicyclic) bond motifs is 1. The number of carbonyl (C=O) groups is 1. The second-order valence-corrected chi connectivity index (χ2v) is 5.73. The second-order valence-electron chi connectivity index (χ2n) is 5.73. The zero-order chi connectivity index (χ0) is 20.3. The zero-order valence-electron chi connectivity index (χ0n) is 15.9. The smallest absolute Gasteiger partial charge is 0.205 e. The Morgan fingerprint density at radius 1 is 0.964 bits per heavy atom. The highest BCUT2D eigenvalue weighted by molar-refractivity contribution is 6.15. The summed E-state index contributed by atoms with van der Waals surface area (Å²) in [5.74, 6) is 0.479. The molecule has 0 saturated heterocycles. The van der Waals surface area contributed by atoms with Crippen LogP contribution in [-0.2, 0) is 0 Å².